The van der Waals surface area contributed by atoms with Gasteiger partial charge in [-0.25, -0.2) is 4.68 Å². The molecule has 144 valence electrons. The second-order valence-corrected chi connectivity index (χ2v) is 6.77. The number of aromatic nitrogens is 4. The van der Waals surface area contributed by atoms with Crippen LogP contribution in [0.25, 0.3) is 5.69 Å². The van der Waals surface area contributed by atoms with Crippen molar-refractivity contribution in [2.24, 2.45) is 5.73 Å². The topological polar surface area (TPSA) is 120 Å². The molecule has 1 saturated heterocycles. The van der Waals surface area contributed by atoms with Crippen LogP contribution in [0.3, 0.4) is 0 Å². The third-order valence-electron chi connectivity index (χ3n) is 4.86. The minimum Gasteiger partial charge on any atom is -0.364 e. The summed E-state index contributed by atoms with van der Waals surface area (Å²) in [5, 5.41) is 8.17. The number of aryl methyl sites for hydroxylation is 1. The number of nitrogens with zero attached hydrogens (tertiary/aromatic N) is 5. The van der Waals surface area contributed by atoms with E-state index in [2.05, 4.69) is 15.2 Å². The fourth-order valence-electron chi connectivity index (χ4n) is 3.40. The Bertz CT molecular complexity index is 1000. The minimum absolute atomic E-state index is 0.147. The van der Waals surface area contributed by atoms with Crippen molar-refractivity contribution in [1.82, 2.24) is 24.8 Å². The maximum absolute atomic E-state index is 12.9. The fourth-order valence-corrected chi connectivity index (χ4v) is 3.40. The highest BCUT2D eigenvalue weighted by atomic mass is 16.5. The Hall–Kier alpha value is -3.49. The molecule has 1 aromatic carbocycles. The first-order chi connectivity index (χ1) is 13.5. The van der Waals surface area contributed by atoms with E-state index in [0.29, 0.717) is 30.5 Å². The standard InChI is InChI=1S/C19H20N6O3/c1-12-21-18(28-23-12)13-7-9-24(10-8-13)19(27)15-11-16(17(20)26)25(22-15)14-5-3-2-4-6-14/h2-6,11,13H,7-10H2,1H3,(H2,20,26). The van der Waals surface area contributed by atoms with Gasteiger partial charge in [-0.2, -0.15) is 10.1 Å². The van der Waals surface area contributed by atoms with E-state index in [9.17, 15) is 9.59 Å². The molecule has 3 aromatic rings. The quantitative estimate of drug-likeness (QED) is 0.735. The van der Waals surface area contributed by atoms with E-state index < -0.39 is 5.91 Å². The summed E-state index contributed by atoms with van der Waals surface area (Å²) in [6, 6.07) is 10.6. The molecule has 4 rings (SSSR count). The molecular weight excluding hydrogens is 360 g/mol. The number of rotatable bonds is 4. The van der Waals surface area contributed by atoms with Gasteiger partial charge in [0.15, 0.2) is 11.5 Å². The lowest BCUT2D eigenvalue weighted by atomic mass is 9.96. The summed E-state index contributed by atoms with van der Waals surface area (Å²) in [6.45, 7) is 2.88. The Balaban J connectivity index is 1.52. The van der Waals surface area contributed by atoms with Gasteiger partial charge in [-0.1, -0.05) is 23.4 Å². The molecule has 9 nitrogen and oxygen atoms in total. The zero-order valence-corrected chi connectivity index (χ0v) is 15.4. The normalized spacial score (nSPS) is 15.0. The molecule has 9 heteroatoms. The summed E-state index contributed by atoms with van der Waals surface area (Å²) in [5.41, 5.74) is 6.52. The van der Waals surface area contributed by atoms with E-state index >= 15 is 0 Å². The van der Waals surface area contributed by atoms with Gasteiger partial charge in [0.25, 0.3) is 11.8 Å². The van der Waals surface area contributed by atoms with Crippen molar-refractivity contribution in [2.75, 3.05) is 13.1 Å². The number of carbonyl (C=O) groups excluding carboxylic acids is 2. The lowest BCUT2D eigenvalue weighted by Gasteiger charge is -2.29. The summed E-state index contributed by atoms with van der Waals surface area (Å²) in [5.74, 6) is 0.513. The van der Waals surface area contributed by atoms with Crippen molar-refractivity contribution in [2.45, 2.75) is 25.7 Å². The summed E-state index contributed by atoms with van der Waals surface area (Å²) < 4.78 is 6.65. The lowest BCUT2D eigenvalue weighted by molar-refractivity contribution is 0.0698. The van der Waals surface area contributed by atoms with Gasteiger partial charge < -0.3 is 15.2 Å². The molecule has 0 bridgehead atoms. The second-order valence-electron chi connectivity index (χ2n) is 6.77. The highest BCUT2D eigenvalue weighted by molar-refractivity contribution is 5.97. The van der Waals surface area contributed by atoms with E-state index in [-0.39, 0.29) is 23.2 Å². The van der Waals surface area contributed by atoms with Crippen LogP contribution in [0.15, 0.2) is 40.9 Å². The molecule has 0 radical (unpaired) electrons. The van der Waals surface area contributed by atoms with Crippen LogP contribution in [-0.2, 0) is 0 Å². The first-order valence-electron chi connectivity index (χ1n) is 9.07. The highest BCUT2D eigenvalue weighted by Crippen LogP contribution is 2.27. The Morgan fingerprint density at radius 1 is 1.18 bits per heavy atom. The maximum Gasteiger partial charge on any atom is 0.274 e. The number of primary amides is 1. The predicted octanol–water partition coefficient (Wildman–Crippen LogP) is 1.68. The second kappa shape index (κ2) is 7.26. The van der Waals surface area contributed by atoms with Crippen molar-refractivity contribution >= 4 is 11.8 Å². The van der Waals surface area contributed by atoms with E-state index in [1.165, 1.54) is 10.7 Å². The number of hydrogen-bond donors (Lipinski definition) is 1. The number of hydrogen-bond acceptors (Lipinski definition) is 6. The van der Waals surface area contributed by atoms with Gasteiger partial charge in [-0.15, -0.1) is 0 Å². The molecule has 1 aliphatic heterocycles. The number of nitrogens with two attached hydrogens (primary N) is 1. The van der Waals surface area contributed by atoms with Gasteiger partial charge >= 0.3 is 0 Å². The number of para-hydroxylation sites is 1. The van der Waals surface area contributed by atoms with Crippen LogP contribution < -0.4 is 5.73 Å². The van der Waals surface area contributed by atoms with Gasteiger partial charge in [0.2, 0.25) is 5.89 Å². The monoisotopic (exact) mass is 380 g/mol. The third kappa shape index (κ3) is 3.38. The van der Waals surface area contributed by atoms with Crippen molar-refractivity contribution in [3.05, 3.63) is 59.5 Å². The van der Waals surface area contributed by atoms with E-state index in [4.69, 9.17) is 10.3 Å². The highest BCUT2D eigenvalue weighted by Gasteiger charge is 2.29. The Morgan fingerprint density at radius 2 is 1.89 bits per heavy atom. The molecule has 1 fully saturated rings. The smallest absolute Gasteiger partial charge is 0.274 e. The average Bonchev–Trinajstić information content (AvgIpc) is 3.35. The van der Waals surface area contributed by atoms with Crippen LogP contribution in [0.4, 0.5) is 0 Å². The number of amides is 2. The van der Waals surface area contributed by atoms with E-state index in [1.54, 1.807) is 24.0 Å². The molecule has 0 unspecified atom stereocenters. The van der Waals surface area contributed by atoms with Crippen LogP contribution in [-0.4, -0.2) is 49.7 Å². The summed E-state index contributed by atoms with van der Waals surface area (Å²) >= 11 is 0. The van der Waals surface area contributed by atoms with Crippen LogP contribution >= 0.6 is 0 Å². The molecule has 2 aromatic heterocycles. The average molecular weight is 380 g/mol. The first-order valence-corrected chi connectivity index (χ1v) is 9.07. The van der Waals surface area contributed by atoms with Crippen molar-refractivity contribution in [3.8, 4) is 5.69 Å². The number of piperidine rings is 1. The SMILES string of the molecule is Cc1noc(C2CCN(C(=O)c3cc(C(N)=O)n(-c4ccccc4)n3)CC2)n1. The summed E-state index contributed by atoms with van der Waals surface area (Å²) in [7, 11) is 0. The Morgan fingerprint density at radius 3 is 2.50 bits per heavy atom. The maximum atomic E-state index is 12.9. The van der Waals surface area contributed by atoms with Crippen LogP contribution in [0.2, 0.25) is 0 Å². The molecule has 2 N–H and O–H groups in total. The Kier molecular flexibility index (Phi) is 4.64. The Labute approximate surface area is 161 Å². The fraction of sp³-hybridized carbons (Fsp3) is 0.316. The molecular formula is C19H20N6O3. The molecule has 0 aliphatic carbocycles. The third-order valence-corrected chi connectivity index (χ3v) is 4.86. The van der Waals surface area contributed by atoms with Crippen molar-refractivity contribution in [3.63, 3.8) is 0 Å². The summed E-state index contributed by atoms with van der Waals surface area (Å²) in [6.07, 6.45) is 1.46. The van der Waals surface area contributed by atoms with Gasteiger partial charge in [0.1, 0.15) is 5.69 Å². The minimum atomic E-state index is -0.638. The largest absolute Gasteiger partial charge is 0.364 e. The molecule has 0 spiro atoms. The zero-order chi connectivity index (χ0) is 19.7. The van der Waals surface area contributed by atoms with Crippen molar-refractivity contribution in [1.29, 1.82) is 0 Å². The van der Waals surface area contributed by atoms with Gasteiger partial charge in [-0.3, -0.25) is 9.59 Å². The molecule has 0 saturated carbocycles. The van der Waals surface area contributed by atoms with Gasteiger partial charge in [-0.05, 0) is 31.9 Å². The van der Waals surface area contributed by atoms with Gasteiger partial charge in [0, 0.05) is 25.1 Å². The summed E-state index contributed by atoms with van der Waals surface area (Å²) in [4.78, 5) is 30.7. The molecule has 3 heterocycles. The van der Waals surface area contributed by atoms with E-state index in [1.807, 2.05) is 18.2 Å². The van der Waals surface area contributed by atoms with Gasteiger partial charge in [0.05, 0.1) is 5.69 Å². The number of benzene rings is 1. The molecule has 2 amide bonds. The predicted molar refractivity (Wildman–Crippen MR) is 99.0 cm³/mol. The lowest BCUT2D eigenvalue weighted by Crippen LogP contribution is -2.38. The first kappa shape index (κ1) is 17.9. The zero-order valence-electron chi connectivity index (χ0n) is 15.4. The van der Waals surface area contributed by atoms with Crippen LogP contribution in [0, 0.1) is 6.92 Å². The molecule has 28 heavy (non-hydrogen) atoms. The van der Waals surface area contributed by atoms with Crippen LogP contribution in [0.1, 0.15) is 51.5 Å². The van der Waals surface area contributed by atoms with Crippen LogP contribution in [0.5, 0.6) is 0 Å². The number of carbonyl (C=O) groups is 2. The number of likely N-dealkylation sites (tertiary alicyclic amines) is 1. The van der Waals surface area contributed by atoms with E-state index in [0.717, 1.165) is 12.8 Å². The molecule has 0 atom stereocenters. The van der Waals surface area contributed by atoms with Crippen molar-refractivity contribution < 1.29 is 14.1 Å². The molecule has 1 aliphatic rings.